The van der Waals surface area contributed by atoms with E-state index in [0.717, 1.165) is 28.6 Å². The van der Waals surface area contributed by atoms with Crippen molar-refractivity contribution in [1.82, 2.24) is 9.88 Å². The molecule has 2 aliphatic rings. The smallest absolute Gasteiger partial charge is 0.339 e. The van der Waals surface area contributed by atoms with Gasteiger partial charge in [-0.3, -0.25) is 4.79 Å². The van der Waals surface area contributed by atoms with Crippen molar-refractivity contribution in [1.29, 1.82) is 0 Å². The Kier molecular flexibility index (Phi) is 4.06. The van der Waals surface area contributed by atoms with Crippen molar-refractivity contribution < 1.29 is 19.1 Å². The summed E-state index contributed by atoms with van der Waals surface area (Å²) in [5.41, 5.74) is 2.54. The number of para-hydroxylation sites is 1. The van der Waals surface area contributed by atoms with Crippen molar-refractivity contribution in [2.45, 2.75) is 24.8 Å². The summed E-state index contributed by atoms with van der Waals surface area (Å²) in [5.74, 6) is -0.704. The molecule has 1 aromatic heterocycles. The van der Waals surface area contributed by atoms with Gasteiger partial charge in [-0.25, -0.2) is 4.79 Å². The predicted molar refractivity (Wildman–Crippen MR) is 101 cm³/mol. The van der Waals surface area contributed by atoms with Crippen molar-refractivity contribution in [3.05, 3.63) is 59.4 Å². The summed E-state index contributed by atoms with van der Waals surface area (Å²) in [4.78, 5) is 30.4. The first kappa shape index (κ1) is 17.4. The Morgan fingerprint density at radius 3 is 2.74 bits per heavy atom. The monoisotopic (exact) mass is 366 g/mol. The van der Waals surface area contributed by atoms with Crippen molar-refractivity contribution in [2.24, 2.45) is 0 Å². The third kappa shape index (κ3) is 2.47. The van der Waals surface area contributed by atoms with Gasteiger partial charge in [0.1, 0.15) is 5.41 Å². The van der Waals surface area contributed by atoms with Crippen LogP contribution in [0.4, 0.5) is 0 Å². The topological polar surface area (TPSA) is 71.6 Å². The van der Waals surface area contributed by atoms with Gasteiger partial charge in [0.25, 0.3) is 0 Å². The van der Waals surface area contributed by atoms with Gasteiger partial charge in [-0.05, 0) is 31.1 Å². The number of carbonyl (C=O) groups is 2. The number of hydrogen-bond donors (Lipinski definition) is 1. The number of hydrogen-bond acceptors (Lipinski definition) is 5. The van der Waals surface area contributed by atoms with Crippen LogP contribution in [0.2, 0.25) is 0 Å². The minimum absolute atomic E-state index is 0.271. The van der Waals surface area contributed by atoms with Crippen molar-refractivity contribution in [2.75, 3.05) is 20.8 Å². The molecule has 0 spiro atoms. The van der Waals surface area contributed by atoms with Crippen molar-refractivity contribution in [3.8, 4) is 0 Å². The van der Waals surface area contributed by atoms with E-state index < -0.39 is 11.4 Å². The lowest BCUT2D eigenvalue weighted by atomic mass is 9.76. The molecular formula is C21H22N2O4. The molecule has 2 atom stereocenters. The van der Waals surface area contributed by atoms with Gasteiger partial charge in [-0.1, -0.05) is 24.3 Å². The first-order chi connectivity index (χ1) is 13.0. The highest BCUT2D eigenvalue weighted by Crippen LogP contribution is 2.41. The minimum Gasteiger partial charge on any atom is -0.468 e. The van der Waals surface area contributed by atoms with E-state index in [1.807, 2.05) is 36.1 Å². The molecule has 27 heavy (non-hydrogen) atoms. The number of H-pyrrole nitrogens is 1. The molecule has 4 rings (SSSR count). The van der Waals surface area contributed by atoms with Crippen LogP contribution in [0.5, 0.6) is 0 Å². The number of carbonyl (C=O) groups excluding carboxylic acids is 2. The molecular weight excluding hydrogens is 344 g/mol. The van der Waals surface area contributed by atoms with E-state index in [2.05, 4.69) is 11.1 Å². The molecule has 1 aromatic carbocycles. The standard InChI is InChI=1S/C21H22N2O4/c1-21(20(25)27-3)17-9-8-13(19(24)26-2)12-23(17)11-10-15-14-6-4-5-7-16(14)22-18(15)21/h4-9,12,17,22H,10-11H2,1-3H3/t17-,21-/m0/s1. The van der Waals surface area contributed by atoms with Gasteiger partial charge in [-0.15, -0.1) is 0 Å². The summed E-state index contributed by atoms with van der Waals surface area (Å²) in [5, 5.41) is 1.11. The van der Waals surface area contributed by atoms with E-state index >= 15 is 0 Å². The van der Waals surface area contributed by atoms with Crippen LogP contribution in [0.15, 0.2) is 48.2 Å². The molecule has 0 bridgehead atoms. The number of esters is 2. The molecule has 0 radical (unpaired) electrons. The second-order valence-corrected chi connectivity index (χ2v) is 7.09. The summed E-state index contributed by atoms with van der Waals surface area (Å²) in [7, 11) is 2.77. The van der Waals surface area contributed by atoms with Gasteiger partial charge in [0.15, 0.2) is 0 Å². The van der Waals surface area contributed by atoms with E-state index in [0.29, 0.717) is 12.1 Å². The number of nitrogens with one attached hydrogen (secondary N) is 1. The Labute approximate surface area is 157 Å². The highest BCUT2D eigenvalue weighted by atomic mass is 16.5. The van der Waals surface area contributed by atoms with Crippen LogP contribution < -0.4 is 0 Å². The second kappa shape index (κ2) is 6.30. The molecule has 0 saturated heterocycles. The molecule has 3 heterocycles. The number of ether oxygens (including phenoxy) is 2. The van der Waals surface area contributed by atoms with Crippen molar-refractivity contribution in [3.63, 3.8) is 0 Å². The maximum Gasteiger partial charge on any atom is 0.339 e. The zero-order valence-corrected chi connectivity index (χ0v) is 15.6. The first-order valence-electron chi connectivity index (χ1n) is 8.93. The maximum absolute atomic E-state index is 13.0. The number of benzene rings is 1. The molecule has 6 nitrogen and oxygen atoms in total. The maximum atomic E-state index is 13.0. The number of fused-ring (bicyclic) bond motifs is 4. The predicted octanol–water partition coefficient (Wildman–Crippen LogP) is 2.45. The zero-order valence-electron chi connectivity index (χ0n) is 15.6. The first-order valence-corrected chi connectivity index (χ1v) is 8.93. The van der Waals surface area contributed by atoms with Gasteiger partial charge < -0.3 is 19.4 Å². The van der Waals surface area contributed by atoms with Crippen molar-refractivity contribution >= 4 is 22.8 Å². The van der Waals surface area contributed by atoms with Gasteiger partial charge in [-0.2, -0.15) is 0 Å². The lowest BCUT2D eigenvalue weighted by Gasteiger charge is -2.40. The Bertz CT molecular complexity index is 987. The number of aromatic nitrogens is 1. The molecule has 0 saturated carbocycles. The van der Waals surface area contributed by atoms with Crippen LogP contribution in [-0.2, 0) is 30.9 Å². The Balaban J connectivity index is 1.90. The summed E-state index contributed by atoms with van der Waals surface area (Å²) in [6.45, 7) is 2.58. The molecule has 6 heteroatoms. The molecule has 0 aliphatic carbocycles. The zero-order chi connectivity index (χ0) is 19.2. The fourth-order valence-electron chi connectivity index (χ4n) is 4.30. The van der Waals surface area contributed by atoms with E-state index in [1.54, 1.807) is 12.3 Å². The van der Waals surface area contributed by atoms with Gasteiger partial charge >= 0.3 is 11.9 Å². The van der Waals surface area contributed by atoms with Gasteiger partial charge in [0.05, 0.1) is 25.8 Å². The summed E-state index contributed by atoms with van der Waals surface area (Å²) >= 11 is 0. The average Bonchev–Trinajstić information content (AvgIpc) is 3.03. The third-order valence-electron chi connectivity index (χ3n) is 5.70. The lowest BCUT2D eigenvalue weighted by molar-refractivity contribution is -0.148. The third-order valence-corrected chi connectivity index (χ3v) is 5.70. The van der Waals surface area contributed by atoms with Crippen LogP contribution >= 0.6 is 0 Å². The SMILES string of the molecule is COC(=O)C1=CN2CCc3c([nH]c4ccccc34)[C@@](C)(C(=O)OC)[C@@H]2C=C1. The molecule has 140 valence electrons. The van der Waals surface area contributed by atoms with Crippen LogP contribution in [0, 0.1) is 0 Å². The average molecular weight is 366 g/mol. The summed E-state index contributed by atoms with van der Waals surface area (Å²) in [6, 6.07) is 7.79. The Morgan fingerprint density at radius 1 is 1.22 bits per heavy atom. The highest BCUT2D eigenvalue weighted by Gasteiger charge is 2.50. The number of rotatable bonds is 2. The van der Waals surface area contributed by atoms with E-state index in [1.165, 1.54) is 14.2 Å². The normalized spacial score (nSPS) is 23.9. The van der Waals surface area contributed by atoms with Crippen LogP contribution in [0.1, 0.15) is 18.2 Å². The molecule has 2 aromatic rings. The molecule has 0 unspecified atom stereocenters. The largest absolute Gasteiger partial charge is 0.468 e. The second-order valence-electron chi connectivity index (χ2n) is 7.09. The number of nitrogens with zero attached hydrogens (tertiary/aromatic N) is 1. The molecule has 2 aliphatic heterocycles. The number of aromatic amines is 1. The molecule has 1 N–H and O–H groups in total. The van der Waals surface area contributed by atoms with Crippen LogP contribution in [0.3, 0.4) is 0 Å². The van der Waals surface area contributed by atoms with E-state index in [-0.39, 0.29) is 12.0 Å². The lowest BCUT2D eigenvalue weighted by Crippen LogP contribution is -2.51. The summed E-state index contributed by atoms with van der Waals surface area (Å²) in [6.07, 6.45) is 6.15. The quantitative estimate of drug-likeness (QED) is 0.827. The minimum atomic E-state index is -0.936. The Hall–Kier alpha value is -3.02. The van der Waals surface area contributed by atoms with Gasteiger partial charge in [0, 0.05) is 29.3 Å². The van der Waals surface area contributed by atoms with Crippen LogP contribution in [0.25, 0.3) is 10.9 Å². The highest BCUT2D eigenvalue weighted by molar-refractivity contribution is 5.93. The summed E-state index contributed by atoms with van der Waals surface area (Å²) < 4.78 is 10.1. The van der Waals surface area contributed by atoms with E-state index in [4.69, 9.17) is 9.47 Å². The fraction of sp³-hybridized carbons (Fsp3) is 0.333. The van der Waals surface area contributed by atoms with Crippen LogP contribution in [-0.4, -0.2) is 48.6 Å². The Morgan fingerprint density at radius 2 is 2.00 bits per heavy atom. The number of methoxy groups -OCH3 is 2. The van der Waals surface area contributed by atoms with Gasteiger partial charge in [0.2, 0.25) is 0 Å². The van der Waals surface area contributed by atoms with E-state index in [9.17, 15) is 9.59 Å². The fourth-order valence-corrected chi connectivity index (χ4v) is 4.30. The molecule has 0 fully saturated rings. The molecule has 0 amide bonds.